The molecule has 2 aromatic heterocycles. The van der Waals surface area contributed by atoms with Gasteiger partial charge in [-0.05, 0) is 54.6 Å². The average molecular weight is 423 g/mol. The lowest BCUT2D eigenvalue weighted by Crippen LogP contribution is -1.78. The molecule has 0 saturated heterocycles. The number of rotatable bonds is 4. The molecular formula is C22H12Cl2N2OS. The van der Waals surface area contributed by atoms with Gasteiger partial charge in [-0.3, -0.25) is 0 Å². The molecule has 2 heterocycles. The molecule has 0 spiro atoms. The van der Waals surface area contributed by atoms with E-state index >= 15 is 0 Å². The molecule has 3 nitrogen and oxygen atoms in total. The number of nitriles is 1. The molecule has 4 rings (SSSR count). The molecule has 0 amide bonds. The number of hydrogen-bond donors (Lipinski definition) is 0. The second-order valence-electron chi connectivity index (χ2n) is 5.86. The molecule has 0 unspecified atom stereocenters. The van der Waals surface area contributed by atoms with E-state index in [1.54, 1.807) is 36.4 Å². The van der Waals surface area contributed by atoms with Gasteiger partial charge in [-0.1, -0.05) is 41.4 Å². The first-order valence-corrected chi connectivity index (χ1v) is 9.91. The highest BCUT2D eigenvalue weighted by molar-refractivity contribution is 7.19. The molecule has 0 saturated carbocycles. The molecule has 0 aliphatic carbocycles. The third kappa shape index (κ3) is 3.88. The molecule has 0 aliphatic rings. The van der Waals surface area contributed by atoms with Crippen LogP contribution < -0.4 is 0 Å². The summed E-state index contributed by atoms with van der Waals surface area (Å²) in [5.41, 5.74) is 2.13. The highest BCUT2D eigenvalue weighted by atomic mass is 35.5. The SMILES string of the molecule is N#C/C(=C\C=C\c1ccc(-c2cc(Cl)ccc2Cl)o1)c1nc2ccccc2s1. The zero-order valence-corrected chi connectivity index (χ0v) is 16.7. The zero-order chi connectivity index (χ0) is 19.5. The van der Waals surface area contributed by atoms with Gasteiger partial charge in [0.2, 0.25) is 0 Å². The highest BCUT2D eigenvalue weighted by Gasteiger charge is 2.09. The molecule has 0 N–H and O–H groups in total. The summed E-state index contributed by atoms with van der Waals surface area (Å²) >= 11 is 13.7. The Morgan fingerprint density at radius 1 is 1.11 bits per heavy atom. The summed E-state index contributed by atoms with van der Waals surface area (Å²) < 4.78 is 6.87. The van der Waals surface area contributed by atoms with Crippen molar-refractivity contribution in [3.8, 4) is 17.4 Å². The molecular weight excluding hydrogens is 411 g/mol. The second-order valence-corrected chi connectivity index (χ2v) is 7.74. The zero-order valence-electron chi connectivity index (χ0n) is 14.4. The van der Waals surface area contributed by atoms with Crippen LogP contribution in [-0.4, -0.2) is 4.98 Å². The van der Waals surface area contributed by atoms with Crippen LogP contribution in [0.1, 0.15) is 10.8 Å². The van der Waals surface area contributed by atoms with E-state index in [4.69, 9.17) is 27.6 Å². The van der Waals surface area contributed by atoms with Crippen molar-refractivity contribution in [3.63, 3.8) is 0 Å². The third-order valence-electron chi connectivity index (χ3n) is 3.99. The van der Waals surface area contributed by atoms with Crippen LogP contribution in [0.2, 0.25) is 10.0 Å². The summed E-state index contributed by atoms with van der Waals surface area (Å²) in [4.78, 5) is 4.51. The van der Waals surface area contributed by atoms with Gasteiger partial charge in [-0.2, -0.15) is 5.26 Å². The lowest BCUT2D eigenvalue weighted by atomic mass is 10.2. The molecule has 4 aromatic rings. The van der Waals surface area contributed by atoms with E-state index in [9.17, 15) is 5.26 Å². The van der Waals surface area contributed by atoms with E-state index in [1.807, 2.05) is 36.4 Å². The minimum Gasteiger partial charge on any atom is -0.457 e. The largest absolute Gasteiger partial charge is 0.457 e. The third-order valence-corrected chi connectivity index (χ3v) is 5.62. The molecule has 2 aromatic carbocycles. The Balaban J connectivity index is 1.57. The number of halogens is 2. The quantitative estimate of drug-likeness (QED) is 0.252. The number of furan rings is 1. The highest BCUT2D eigenvalue weighted by Crippen LogP contribution is 2.32. The van der Waals surface area contributed by atoms with Gasteiger partial charge in [0.05, 0.1) is 20.8 Å². The Bertz CT molecular complexity index is 1230. The van der Waals surface area contributed by atoms with Crippen LogP contribution in [0, 0.1) is 11.3 Å². The van der Waals surface area contributed by atoms with Crippen LogP contribution in [0.25, 0.3) is 33.2 Å². The number of nitrogens with zero attached hydrogens (tertiary/aromatic N) is 2. The predicted octanol–water partition coefficient (Wildman–Crippen LogP) is 7.48. The summed E-state index contributed by atoms with van der Waals surface area (Å²) in [5.74, 6) is 1.27. The minimum atomic E-state index is 0.502. The van der Waals surface area contributed by atoms with Gasteiger partial charge in [0, 0.05) is 10.6 Å². The Morgan fingerprint density at radius 2 is 1.96 bits per heavy atom. The first-order valence-electron chi connectivity index (χ1n) is 8.34. The van der Waals surface area contributed by atoms with Gasteiger partial charge in [0.1, 0.15) is 22.6 Å². The first-order chi connectivity index (χ1) is 13.6. The van der Waals surface area contributed by atoms with Gasteiger partial charge >= 0.3 is 0 Å². The van der Waals surface area contributed by atoms with Crippen molar-refractivity contribution in [3.05, 3.63) is 87.6 Å². The fourth-order valence-electron chi connectivity index (χ4n) is 2.66. The minimum absolute atomic E-state index is 0.502. The van der Waals surface area contributed by atoms with E-state index in [1.165, 1.54) is 11.3 Å². The van der Waals surface area contributed by atoms with Crippen LogP contribution in [0.4, 0.5) is 0 Å². The number of aromatic nitrogens is 1. The van der Waals surface area contributed by atoms with Crippen LogP contribution in [0.5, 0.6) is 0 Å². The topological polar surface area (TPSA) is 49.8 Å². The molecule has 0 bridgehead atoms. The summed E-state index contributed by atoms with van der Waals surface area (Å²) in [6.45, 7) is 0. The number of para-hydroxylation sites is 1. The number of fused-ring (bicyclic) bond motifs is 1. The van der Waals surface area contributed by atoms with E-state index in [-0.39, 0.29) is 0 Å². The predicted molar refractivity (Wildman–Crippen MR) is 116 cm³/mol. The summed E-state index contributed by atoms with van der Waals surface area (Å²) in [6, 6.07) is 18.9. The van der Waals surface area contributed by atoms with Crippen molar-refractivity contribution in [2.45, 2.75) is 0 Å². The van der Waals surface area contributed by atoms with Crippen LogP contribution in [-0.2, 0) is 0 Å². The van der Waals surface area contributed by atoms with Crippen molar-refractivity contribution < 1.29 is 4.42 Å². The standard InChI is InChI=1S/C22H12Cl2N2OS/c23-15-8-10-18(24)17(12-15)20-11-9-16(27-20)5-3-4-14(13-25)22-26-19-6-1-2-7-21(19)28-22/h1-12H/b5-3+,14-4+. The van der Waals surface area contributed by atoms with E-state index < -0.39 is 0 Å². The summed E-state index contributed by atoms with van der Waals surface area (Å²) in [7, 11) is 0. The van der Waals surface area contributed by atoms with Crippen molar-refractivity contribution in [2.75, 3.05) is 0 Å². The first kappa shape index (κ1) is 18.5. The van der Waals surface area contributed by atoms with E-state index in [0.717, 1.165) is 15.8 Å². The second kappa shape index (κ2) is 8.04. The maximum atomic E-state index is 9.48. The van der Waals surface area contributed by atoms with E-state index in [0.29, 0.717) is 32.1 Å². The smallest absolute Gasteiger partial charge is 0.136 e. The van der Waals surface area contributed by atoms with Crippen molar-refractivity contribution in [2.24, 2.45) is 0 Å². The van der Waals surface area contributed by atoms with Crippen LogP contribution in [0.3, 0.4) is 0 Å². The Labute approximate surface area is 175 Å². The summed E-state index contributed by atoms with van der Waals surface area (Å²) in [6.07, 6.45) is 5.28. The molecule has 136 valence electrons. The molecule has 0 aliphatic heterocycles. The van der Waals surface area contributed by atoms with Gasteiger partial charge in [0.25, 0.3) is 0 Å². The van der Waals surface area contributed by atoms with Gasteiger partial charge in [-0.15, -0.1) is 11.3 Å². The number of benzene rings is 2. The van der Waals surface area contributed by atoms with Gasteiger partial charge in [0.15, 0.2) is 0 Å². The van der Waals surface area contributed by atoms with Crippen molar-refractivity contribution >= 4 is 56.4 Å². The number of thiazole rings is 1. The normalized spacial score (nSPS) is 12.0. The molecule has 28 heavy (non-hydrogen) atoms. The van der Waals surface area contributed by atoms with Crippen LogP contribution in [0.15, 0.2) is 71.2 Å². The van der Waals surface area contributed by atoms with Gasteiger partial charge in [-0.25, -0.2) is 4.98 Å². The maximum Gasteiger partial charge on any atom is 0.136 e. The van der Waals surface area contributed by atoms with Crippen molar-refractivity contribution in [1.82, 2.24) is 4.98 Å². The van der Waals surface area contributed by atoms with Gasteiger partial charge < -0.3 is 4.42 Å². The maximum absolute atomic E-state index is 9.48. The Morgan fingerprint density at radius 3 is 2.79 bits per heavy atom. The Kier molecular flexibility index (Phi) is 5.31. The molecule has 0 radical (unpaired) electrons. The van der Waals surface area contributed by atoms with Crippen LogP contribution >= 0.6 is 34.5 Å². The number of allylic oxidation sites excluding steroid dienone is 3. The molecule has 0 atom stereocenters. The monoisotopic (exact) mass is 422 g/mol. The Hall–Kier alpha value is -2.84. The molecule has 0 fully saturated rings. The summed E-state index contributed by atoms with van der Waals surface area (Å²) in [5, 5.41) is 11.3. The fraction of sp³-hybridized carbons (Fsp3) is 0. The van der Waals surface area contributed by atoms with E-state index in [2.05, 4.69) is 11.1 Å². The average Bonchev–Trinajstić information content (AvgIpc) is 3.34. The number of hydrogen-bond acceptors (Lipinski definition) is 4. The molecule has 6 heteroatoms. The lowest BCUT2D eigenvalue weighted by molar-refractivity contribution is 0.572. The lowest BCUT2D eigenvalue weighted by Gasteiger charge is -2.00. The fourth-order valence-corrected chi connectivity index (χ4v) is 3.98. The van der Waals surface area contributed by atoms with Crippen molar-refractivity contribution in [1.29, 1.82) is 5.26 Å².